The molecule has 0 saturated carbocycles. The molecule has 17 heavy (non-hydrogen) atoms. The Labute approximate surface area is 108 Å². The van der Waals surface area contributed by atoms with Crippen molar-refractivity contribution in [2.75, 3.05) is 20.1 Å². The smallest absolute Gasteiger partial charge is 0.222 e. The maximum absolute atomic E-state index is 11.8. The van der Waals surface area contributed by atoms with Crippen molar-refractivity contribution in [2.45, 2.75) is 25.7 Å². The molecule has 4 heteroatoms. The van der Waals surface area contributed by atoms with Crippen LogP contribution in [0, 0.1) is 0 Å². The number of carbonyl (C=O) groups excluding carboxylic acids is 1. The van der Waals surface area contributed by atoms with Crippen LogP contribution in [0.5, 0.6) is 0 Å². The van der Waals surface area contributed by atoms with Gasteiger partial charge in [0.15, 0.2) is 0 Å². The van der Waals surface area contributed by atoms with E-state index >= 15 is 0 Å². The molecule has 1 amide bonds. The normalized spacial score (nSPS) is 17.4. The molecule has 0 N–H and O–H groups in total. The number of amides is 1. The highest BCUT2D eigenvalue weighted by atomic mass is 35.5. The van der Waals surface area contributed by atoms with Crippen molar-refractivity contribution in [3.05, 3.63) is 23.3 Å². The van der Waals surface area contributed by atoms with Crippen LogP contribution in [0.15, 0.2) is 28.3 Å². The van der Waals surface area contributed by atoms with E-state index in [9.17, 15) is 4.79 Å². The monoisotopic (exact) mass is 254 g/mol. The van der Waals surface area contributed by atoms with Gasteiger partial charge in [-0.3, -0.25) is 9.79 Å². The van der Waals surface area contributed by atoms with Gasteiger partial charge < -0.3 is 4.90 Å². The van der Waals surface area contributed by atoms with Gasteiger partial charge in [-0.15, -0.1) is 0 Å². The van der Waals surface area contributed by atoms with Gasteiger partial charge in [0.1, 0.15) is 0 Å². The van der Waals surface area contributed by atoms with Gasteiger partial charge in [-0.05, 0) is 24.8 Å². The molecular weight excluding hydrogens is 236 g/mol. The van der Waals surface area contributed by atoms with Crippen molar-refractivity contribution in [3.63, 3.8) is 0 Å². The zero-order valence-electron chi connectivity index (χ0n) is 10.3. The van der Waals surface area contributed by atoms with Gasteiger partial charge in [-0.2, -0.15) is 0 Å². The summed E-state index contributed by atoms with van der Waals surface area (Å²) in [5.74, 6) is 0.208. The van der Waals surface area contributed by atoms with E-state index in [4.69, 9.17) is 11.6 Å². The number of nitrogens with zero attached hydrogens (tertiary/aromatic N) is 2. The SMILES string of the molecule is C=C/C(CCC(=O)N1CCCC1)=C(/Cl)C=NC. The van der Waals surface area contributed by atoms with Gasteiger partial charge >= 0.3 is 0 Å². The predicted molar refractivity (Wildman–Crippen MR) is 72.5 cm³/mol. The summed E-state index contributed by atoms with van der Waals surface area (Å²) < 4.78 is 0. The number of rotatable bonds is 5. The summed E-state index contributed by atoms with van der Waals surface area (Å²) in [6.07, 6.45) is 6.65. The molecule has 1 rings (SSSR count). The van der Waals surface area contributed by atoms with E-state index in [0.29, 0.717) is 17.9 Å². The zero-order valence-corrected chi connectivity index (χ0v) is 11.0. The minimum atomic E-state index is 0.208. The number of hydrogen-bond acceptors (Lipinski definition) is 2. The lowest BCUT2D eigenvalue weighted by atomic mass is 10.1. The average Bonchev–Trinajstić information content (AvgIpc) is 2.83. The first-order valence-corrected chi connectivity index (χ1v) is 6.28. The molecule has 0 aliphatic carbocycles. The van der Waals surface area contributed by atoms with E-state index in [1.165, 1.54) is 0 Å². The molecule has 0 radical (unpaired) electrons. The molecule has 1 heterocycles. The zero-order chi connectivity index (χ0) is 12.7. The van der Waals surface area contributed by atoms with Crippen LogP contribution in [-0.4, -0.2) is 37.2 Å². The first kappa shape index (κ1) is 14.0. The second-order valence-electron chi connectivity index (χ2n) is 4.05. The lowest BCUT2D eigenvalue weighted by molar-refractivity contribution is -0.130. The summed E-state index contributed by atoms with van der Waals surface area (Å²) in [6.45, 7) is 5.51. The Morgan fingerprint density at radius 2 is 2.06 bits per heavy atom. The molecule has 1 saturated heterocycles. The summed E-state index contributed by atoms with van der Waals surface area (Å²) in [5, 5.41) is 0.566. The molecule has 0 spiro atoms. The highest BCUT2D eigenvalue weighted by Crippen LogP contribution is 2.17. The fourth-order valence-corrected chi connectivity index (χ4v) is 2.15. The Balaban J connectivity index is 2.50. The maximum atomic E-state index is 11.8. The number of halogens is 1. The first-order valence-electron chi connectivity index (χ1n) is 5.90. The van der Waals surface area contributed by atoms with Crippen LogP contribution in [0.25, 0.3) is 0 Å². The summed E-state index contributed by atoms with van der Waals surface area (Å²) in [7, 11) is 1.67. The standard InChI is InChI=1S/C13H19ClN2O/c1-3-11(12(14)10-15-2)6-7-13(17)16-8-4-5-9-16/h3,10H,1,4-9H2,2H3/b12-11-,15-10?. The summed E-state index contributed by atoms with van der Waals surface area (Å²) in [4.78, 5) is 17.6. The van der Waals surface area contributed by atoms with E-state index < -0.39 is 0 Å². The summed E-state index contributed by atoms with van der Waals surface area (Å²) >= 11 is 6.02. The van der Waals surface area contributed by atoms with E-state index in [0.717, 1.165) is 31.5 Å². The van der Waals surface area contributed by atoms with Gasteiger partial charge in [0.2, 0.25) is 5.91 Å². The van der Waals surface area contributed by atoms with Crippen LogP contribution in [0.3, 0.4) is 0 Å². The number of hydrogen-bond donors (Lipinski definition) is 0. The quantitative estimate of drug-likeness (QED) is 0.549. The molecule has 1 aliphatic rings. The van der Waals surface area contributed by atoms with E-state index in [-0.39, 0.29) is 5.91 Å². The average molecular weight is 255 g/mol. The molecule has 0 aromatic rings. The third kappa shape index (κ3) is 4.35. The van der Waals surface area contributed by atoms with Crippen LogP contribution in [0.2, 0.25) is 0 Å². The molecule has 3 nitrogen and oxygen atoms in total. The van der Waals surface area contributed by atoms with Crippen molar-refractivity contribution in [1.29, 1.82) is 0 Å². The third-order valence-electron chi connectivity index (χ3n) is 2.86. The Hall–Kier alpha value is -1.09. The van der Waals surface area contributed by atoms with Crippen LogP contribution < -0.4 is 0 Å². The number of aliphatic imine (C=N–C) groups is 1. The summed E-state index contributed by atoms with van der Waals surface area (Å²) in [6, 6.07) is 0. The van der Waals surface area contributed by atoms with Gasteiger partial charge in [0, 0.05) is 32.8 Å². The van der Waals surface area contributed by atoms with Crippen molar-refractivity contribution < 1.29 is 4.79 Å². The Kier molecular flexibility index (Phi) is 5.98. The highest BCUT2D eigenvalue weighted by molar-refractivity contribution is 6.39. The van der Waals surface area contributed by atoms with Crippen LogP contribution in [-0.2, 0) is 4.79 Å². The molecule has 1 aliphatic heterocycles. The Morgan fingerprint density at radius 1 is 1.41 bits per heavy atom. The molecule has 0 bridgehead atoms. The molecule has 0 aromatic heterocycles. The second-order valence-corrected chi connectivity index (χ2v) is 4.46. The van der Waals surface area contributed by atoms with E-state index in [1.807, 2.05) is 4.90 Å². The van der Waals surface area contributed by atoms with Crippen molar-refractivity contribution in [1.82, 2.24) is 4.90 Å². The predicted octanol–water partition coefficient (Wildman–Crippen LogP) is 2.77. The molecular formula is C13H19ClN2O. The lowest BCUT2D eigenvalue weighted by Crippen LogP contribution is -2.27. The van der Waals surface area contributed by atoms with Gasteiger partial charge in [0.25, 0.3) is 0 Å². The van der Waals surface area contributed by atoms with Crippen molar-refractivity contribution in [3.8, 4) is 0 Å². The van der Waals surface area contributed by atoms with Crippen molar-refractivity contribution in [2.24, 2.45) is 4.99 Å². The first-order chi connectivity index (χ1) is 8.19. The van der Waals surface area contributed by atoms with Gasteiger partial charge in [0.05, 0.1) is 5.03 Å². The van der Waals surface area contributed by atoms with Gasteiger partial charge in [-0.25, -0.2) is 0 Å². The third-order valence-corrected chi connectivity index (χ3v) is 3.20. The van der Waals surface area contributed by atoms with E-state index in [2.05, 4.69) is 11.6 Å². The fourth-order valence-electron chi connectivity index (χ4n) is 1.88. The number of carbonyl (C=O) groups is 1. The molecule has 94 valence electrons. The van der Waals surface area contributed by atoms with Crippen LogP contribution in [0.1, 0.15) is 25.7 Å². The second kappa shape index (κ2) is 7.28. The minimum Gasteiger partial charge on any atom is -0.343 e. The molecule has 0 unspecified atom stereocenters. The van der Waals surface area contributed by atoms with E-state index in [1.54, 1.807) is 19.3 Å². The summed E-state index contributed by atoms with van der Waals surface area (Å²) in [5.41, 5.74) is 0.879. The maximum Gasteiger partial charge on any atom is 0.222 e. The van der Waals surface area contributed by atoms with Crippen LogP contribution >= 0.6 is 11.6 Å². The number of likely N-dealkylation sites (tertiary alicyclic amines) is 1. The topological polar surface area (TPSA) is 32.7 Å². The molecule has 1 fully saturated rings. The van der Waals surface area contributed by atoms with Gasteiger partial charge in [-0.1, -0.05) is 24.3 Å². The molecule has 0 aromatic carbocycles. The largest absolute Gasteiger partial charge is 0.343 e. The Bertz CT molecular complexity index is 341. The molecule has 0 atom stereocenters. The van der Waals surface area contributed by atoms with Crippen LogP contribution in [0.4, 0.5) is 0 Å². The number of allylic oxidation sites excluding steroid dienone is 3. The minimum absolute atomic E-state index is 0.208. The Morgan fingerprint density at radius 3 is 2.59 bits per heavy atom. The highest BCUT2D eigenvalue weighted by Gasteiger charge is 2.17. The fraction of sp³-hybridized carbons (Fsp3) is 0.538. The van der Waals surface area contributed by atoms with Crippen molar-refractivity contribution >= 4 is 23.7 Å². The lowest BCUT2D eigenvalue weighted by Gasteiger charge is -2.15.